The van der Waals surface area contributed by atoms with Crippen molar-refractivity contribution in [3.63, 3.8) is 0 Å². The Morgan fingerprint density at radius 2 is 1.81 bits per heavy atom. The van der Waals surface area contributed by atoms with E-state index in [4.69, 9.17) is 0 Å². The van der Waals surface area contributed by atoms with E-state index in [1.165, 1.54) is 8.61 Å². The van der Waals surface area contributed by atoms with E-state index in [1.807, 2.05) is 6.92 Å². The van der Waals surface area contributed by atoms with Crippen LogP contribution in [-0.4, -0.2) is 53.8 Å². The third kappa shape index (κ3) is 3.57. The van der Waals surface area contributed by atoms with Crippen molar-refractivity contribution in [2.75, 3.05) is 13.6 Å². The summed E-state index contributed by atoms with van der Waals surface area (Å²) < 4.78 is 28.2. The SMILES string of the molecule is CC1CCN(S(=O)(=O)N(C)C2CCCCC2)C(C(=O)O)C1. The highest BCUT2D eigenvalue weighted by molar-refractivity contribution is 7.86. The van der Waals surface area contributed by atoms with Gasteiger partial charge in [-0.1, -0.05) is 26.2 Å². The number of piperidine rings is 1. The zero-order valence-electron chi connectivity index (χ0n) is 12.9. The fourth-order valence-electron chi connectivity index (χ4n) is 3.42. The largest absolute Gasteiger partial charge is 0.480 e. The molecule has 2 fully saturated rings. The van der Waals surface area contributed by atoms with Gasteiger partial charge in [-0.2, -0.15) is 17.0 Å². The highest BCUT2D eigenvalue weighted by Gasteiger charge is 2.42. The minimum absolute atomic E-state index is 0.0116. The zero-order valence-corrected chi connectivity index (χ0v) is 13.7. The molecule has 6 nitrogen and oxygen atoms in total. The van der Waals surface area contributed by atoms with Gasteiger partial charge in [-0.25, -0.2) is 0 Å². The van der Waals surface area contributed by atoms with E-state index in [2.05, 4.69) is 0 Å². The first-order chi connectivity index (χ1) is 9.84. The molecule has 2 aliphatic rings. The maximum atomic E-state index is 12.8. The molecule has 21 heavy (non-hydrogen) atoms. The molecule has 2 atom stereocenters. The molecule has 0 bridgehead atoms. The number of carboxylic acids is 1. The van der Waals surface area contributed by atoms with Crippen LogP contribution in [0.5, 0.6) is 0 Å². The summed E-state index contributed by atoms with van der Waals surface area (Å²) in [6.07, 6.45) is 6.11. The molecule has 1 aliphatic heterocycles. The van der Waals surface area contributed by atoms with Crippen molar-refractivity contribution in [1.29, 1.82) is 0 Å². The average molecular weight is 318 g/mol. The number of hydrogen-bond acceptors (Lipinski definition) is 3. The van der Waals surface area contributed by atoms with E-state index in [1.54, 1.807) is 7.05 Å². The third-order valence-corrected chi connectivity index (χ3v) is 6.91. The minimum Gasteiger partial charge on any atom is -0.480 e. The summed E-state index contributed by atoms with van der Waals surface area (Å²) in [5.41, 5.74) is 0. The fourth-order valence-corrected chi connectivity index (χ4v) is 5.17. The van der Waals surface area contributed by atoms with Gasteiger partial charge >= 0.3 is 5.97 Å². The first kappa shape index (κ1) is 16.7. The Kier molecular flexibility index (Phi) is 5.27. The Morgan fingerprint density at radius 3 is 2.38 bits per heavy atom. The summed E-state index contributed by atoms with van der Waals surface area (Å²) in [5, 5.41) is 9.36. The van der Waals surface area contributed by atoms with Crippen LogP contribution in [0.3, 0.4) is 0 Å². The molecule has 1 aliphatic carbocycles. The Morgan fingerprint density at radius 1 is 1.19 bits per heavy atom. The molecule has 1 saturated carbocycles. The van der Waals surface area contributed by atoms with Crippen molar-refractivity contribution in [3.05, 3.63) is 0 Å². The summed E-state index contributed by atoms with van der Waals surface area (Å²) in [6.45, 7) is 2.28. The molecule has 7 heteroatoms. The van der Waals surface area contributed by atoms with Gasteiger partial charge in [0.1, 0.15) is 6.04 Å². The molecule has 0 aromatic rings. The van der Waals surface area contributed by atoms with Crippen LogP contribution in [0.1, 0.15) is 51.9 Å². The predicted octanol–water partition coefficient (Wildman–Crippen LogP) is 1.68. The predicted molar refractivity (Wildman–Crippen MR) is 80.1 cm³/mol. The summed E-state index contributed by atoms with van der Waals surface area (Å²) >= 11 is 0. The number of hydrogen-bond donors (Lipinski definition) is 1. The van der Waals surface area contributed by atoms with Gasteiger partial charge in [-0.3, -0.25) is 4.79 Å². The molecule has 0 amide bonds. The van der Waals surface area contributed by atoms with E-state index in [9.17, 15) is 18.3 Å². The standard InChI is InChI=1S/C14H26N2O4S/c1-11-8-9-16(13(10-11)14(17)18)21(19,20)15(2)12-6-4-3-5-7-12/h11-13H,3-10H2,1-2H3,(H,17,18). The van der Waals surface area contributed by atoms with Crippen LogP contribution in [0.15, 0.2) is 0 Å². The molecule has 2 unspecified atom stereocenters. The van der Waals surface area contributed by atoms with Crippen molar-refractivity contribution < 1.29 is 18.3 Å². The van der Waals surface area contributed by atoms with E-state index >= 15 is 0 Å². The lowest BCUT2D eigenvalue weighted by Gasteiger charge is -2.39. The number of carboxylic acid groups (broad SMARTS) is 1. The summed E-state index contributed by atoms with van der Waals surface area (Å²) in [4.78, 5) is 11.4. The van der Waals surface area contributed by atoms with Crippen molar-refractivity contribution in [2.45, 2.75) is 64.0 Å². The maximum Gasteiger partial charge on any atom is 0.322 e. The number of carbonyl (C=O) groups is 1. The summed E-state index contributed by atoms with van der Waals surface area (Å²) in [5.74, 6) is -0.792. The second-order valence-electron chi connectivity index (χ2n) is 6.41. The van der Waals surface area contributed by atoms with Gasteiger partial charge in [0.05, 0.1) is 0 Å². The molecule has 0 aromatic heterocycles. The Labute approximate surface area is 127 Å². The van der Waals surface area contributed by atoms with Crippen LogP contribution < -0.4 is 0 Å². The first-order valence-electron chi connectivity index (χ1n) is 7.81. The van der Waals surface area contributed by atoms with Gasteiger partial charge in [-0.05, 0) is 31.6 Å². The molecule has 1 heterocycles. The van der Waals surface area contributed by atoms with E-state index < -0.39 is 22.2 Å². The maximum absolute atomic E-state index is 12.8. The smallest absolute Gasteiger partial charge is 0.322 e. The van der Waals surface area contributed by atoms with Gasteiger partial charge in [0, 0.05) is 19.6 Å². The van der Waals surface area contributed by atoms with Crippen LogP contribution in [0, 0.1) is 5.92 Å². The number of nitrogens with zero attached hydrogens (tertiary/aromatic N) is 2. The first-order valence-corrected chi connectivity index (χ1v) is 9.21. The Bertz CT molecular complexity index is 473. The lowest BCUT2D eigenvalue weighted by Crippen LogP contribution is -2.55. The monoisotopic (exact) mass is 318 g/mol. The summed E-state index contributed by atoms with van der Waals surface area (Å²) in [7, 11) is -2.09. The molecule has 1 N–H and O–H groups in total. The van der Waals surface area contributed by atoms with E-state index in [0.717, 1.165) is 38.5 Å². The van der Waals surface area contributed by atoms with E-state index in [0.29, 0.717) is 13.0 Å². The van der Waals surface area contributed by atoms with Crippen molar-refractivity contribution in [3.8, 4) is 0 Å². The van der Waals surface area contributed by atoms with Gasteiger partial charge in [-0.15, -0.1) is 0 Å². The molecule has 0 radical (unpaired) electrons. The quantitative estimate of drug-likeness (QED) is 0.855. The van der Waals surface area contributed by atoms with Crippen LogP contribution in [-0.2, 0) is 15.0 Å². The van der Waals surface area contributed by atoms with Gasteiger partial charge in [0.25, 0.3) is 10.2 Å². The van der Waals surface area contributed by atoms with Gasteiger partial charge < -0.3 is 5.11 Å². The van der Waals surface area contributed by atoms with Crippen LogP contribution in [0.2, 0.25) is 0 Å². The molecule has 0 spiro atoms. The van der Waals surface area contributed by atoms with Crippen LogP contribution in [0.25, 0.3) is 0 Å². The average Bonchev–Trinajstić information content (AvgIpc) is 2.47. The lowest BCUT2D eigenvalue weighted by atomic mass is 9.94. The topological polar surface area (TPSA) is 77.9 Å². The second kappa shape index (κ2) is 6.62. The van der Waals surface area contributed by atoms with Crippen LogP contribution >= 0.6 is 0 Å². The lowest BCUT2D eigenvalue weighted by molar-refractivity contribution is -0.143. The van der Waals surface area contributed by atoms with Gasteiger partial charge in [0.15, 0.2) is 0 Å². The van der Waals surface area contributed by atoms with E-state index in [-0.39, 0.29) is 12.0 Å². The molecule has 2 rings (SSSR count). The minimum atomic E-state index is -3.69. The van der Waals surface area contributed by atoms with Crippen molar-refractivity contribution in [2.24, 2.45) is 5.92 Å². The molecule has 122 valence electrons. The molecular weight excluding hydrogens is 292 g/mol. The second-order valence-corrected chi connectivity index (χ2v) is 8.35. The van der Waals surface area contributed by atoms with Gasteiger partial charge in [0.2, 0.25) is 0 Å². The zero-order chi connectivity index (χ0) is 15.6. The molecular formula is C14H26N2O4S. The Balaban J connectivity index is 2.18. The third-order valence-electron chi connectivity index (χ3n) is 4.85. The van der Waals surface area contributed by atoms with Crippen molar-refractivity contribution >= 4 is 16.2 Å². The van der Waals surface area contributed by atoms with Crippen molar-refractivity contribution in [1.82, 2.24) is 8.61 Å². The highest BCUT2D eigenvalue weighted by Crippen LogP contribution is 2.30. The van der Waals surface area contributed by atoms with Crippen LogP contribution in [0.4, 0.5) is 0 Å². The fraction of sp³-hybridized carbons (Fsp3) is 0.929. The summed E-state index contributed by atoms with van der Waals surface area (Å²) in [6, 6.07) is -0.915. The normalized spacial score (nSPS) is 29.7. The highest BCUT2D eigenvalue weighted by atomic mass is 32.2. The molecule has 1 saturated heterocycles. The molecule has 0 aromatic carbocycles. The number of aliphatic carboxylic acids is 1. The number of rotatable bonds is 4. The Hall–Kier alpha value is -0.660.